The first-order valence-corrected chi connectivity index (χ1v) is 12.6. The molecule has 3 aliphatic rings. The number of carbonyl (C=O) groups excluding carboxylic acids is 1. The van der Waals surface area contributed by atoms with Gasteiger partial charge in [0, 0.05) is 29.7 Å². The maximum Gasteiger partial charge on any atom is 0.411 e. The first-order valence-electron chi connectivity index (χ1n) is 12.3. The molecule has 12 heteroatoms. The van der Waals surface area contributed by atoms with Gasteiger partial charge in [-0.25, -0.2) is 22.9 Å². The van der Waals surface area contributed by atoms with E-state index in [1.54, 1.807) is 18.2 Å². The smallest absolute Gasteiger partial charge is 0.411 e. The fourth-order valence-corrected chi connectivity index (χ4v) is 5.38. The average molecular weight is 537 g/mol. The normalized spacial score (nSPS) is 21.8. The number of ether oxygens (including phenoxy) is 1. The van der Waals surface area contributed by atoms with Crippen molar-refractivity contribution in [2.24, 2.45) is 11.0 Å². The summed E-state index contributed by atoms with van der Waals surface area (Å²) in [6.45, 7) is 1.26. The van der Waals surface area contributed by atoms with Crippen LogP contribution in [-0.4, -0.2) is 66.6 Å². The van der Waals surface area contributed by atoms with Crippen LogP contribution in [0.5, 0.6) is 0 Å². The molecular weight excluding hydrogens is 509 g/mol. The number of carbonyl (C=O) groups is 1. The van der Waals surface area contributed by atoms with Crippen molar-refractivity contribution in [2.45, 2.75) is 44.6 Å². The van der Waals surface area contributed by atoms with Gasteiger partial charge in [0.05, 0.1) is 18.8 Å². The fraction of sp³-hybridized carbons (Fsp3) is 0.480. The molecule has 1 aromatic heterocycles. The number of nitrogens with one attached hydrogen (secondary N) is 1. The van der Waals surface area contributed by atoms with Gasteiger partial charge in [-0.3, -0.25) is 10.3 Å². The summed E-state index contributed by atoms with van der Waals surface area (Å²) in [5.74, 6) is 1.21. The third-order valence-electron chi connectivity index (χ3n) is 7.19. The molecule has 0 radical (unpaired) electrons. The van der Waals surface area contributed by atoms with E-state index in [2.05, 4.69) is 25.3 Å². The summed E-state index contributed by atoms with van der Waals surface area (Å²) in [7, 11) is 0. The summed E-state index contributed by atoms with van der Waals surface area (Å²) in [6, 6.07) is 8.04. The summed E-state index contributed by atoms with van der Waals surface area (Å²) in [6.07, 6.45) is 0.477. The van der Waals surface area contributed by atoms with Crippen molar-refractivity contribution in [3.63, 3.8) is 0 Å². The molecule has 37 heavy (non-hydrogen) atoms. The van der Waals surface area contributed by atoms with Gasteiger partial charge in [-0.05, 0) is 55.7 Å². The molecule has 0 aliphatic carbocycles. The van der Waals surface area contributed by atoms with E-state index in [0.29, 0.717) is 10.9 Å². The zero-order valence-corrected chi connectivity index (χ0v) is 21.0. The van der Waals surface area contributed by atoms with Crippen molar-refractivity contribution in [1.82, 2.24) is 15.3 Å². The van der Waals surface area contributed by atoms with Crippen molar-refractivity contribution in [2.75, 3.05) is 36.2 Å². The molecule has 4 heterocycles. The van der Waals surface area contributed by atoms with Crippen LogP contribution in [0.1, 0.15) is 25.3 Å². The van der Waals surface area contributed by atoms with Gasteiger partial charge >= 0.3 is 6.09 Å². The van der Waals surface area contributed by atoms with Crippen LogP contribution < -0.4 is 15.2 Å². The Bertz CT molecular complexity index is 1160. The number of hydrogen-bond donors (Lipinski definition) is 1. The molecule has 2 aromatic rings. The molecule has 198 valence electrons. The second-order valence-electron chi connectivity index (χ2n) is 9.46. The number of hydrazone groups is 1. The van der Waals surface area contributed by atoms with Gasteiger partial charge in [0.1, 0.15) is 31.2 Å². The molecule has 2 atom stereocenters. The van der Waals surface area contributed by atoms with Crippen LogP contribution in [0, 0.1) is 11.7 Å². The predicted octanol–water partition coefficient (Wildman–Crippen LogP) is 4.49. The minimum Gasteiger partial charge on any atom is -0.440 e. The predicted molar refractivity (Wildman–Crippen MR) is 135 cm³/mol. The summed E-state index contributed by atoms with van der Waals surface area (Å²) in [4.78, 5) is 22.8. The Hall–Kier alpha value is -3.21. The maximum absolute atomic E-state index is 13.3. The van der Waals surface area contributed by atoms with Crippen LogP contribution in [-0.2, 0) is 11.3 Å². The van der Waals surface area contributed by atoms with E-state index in [-0.39, 0.29) is 24.4 Å². The zero-order valence-electron chi connectivity index (χ0n) is 20.3. The van der Waals surface area contributed by atoms with Crippen molar-refractivity contribution in [3.05, 3.63) is 52.9 Å². The molecule has 0 spiro atoms. The number of halogens is 4. The largest absolute Gasteiger partial charge is 0.440 e. The molecular formula is C25H28ClF3N6O2. The number of amides is 1. The lowest BCUT2D eigenvalue weighted by Gasteiger charge is -2.39. The highest BCUT2D eigenvalue weighted by molar-refractivity contribution is 6.30. The van der Waals surface area contributed by atoms with Crippen LogP contribution >= 0.6 is 11.6 Å². The molecule has 1 saturated heterocycles. The SMILES string of the molecule is CC1C2=NNC(C3CCN(c4ccc(F)cn4)CC3)N2c2ccc(Cl)cc2CN1C(=O)OC(CF)CF. The van der Waals surface area contributed by atoms with E-state index >= 15 is 0 Å². The van der Waals surface area contributed by atoms with E-state index in [1.807, 2.05) is 13.0 Å². The quantitative estimate of drug-likeness (QED) is 0.607. The average Bonchev–Trinajstić information content (AvgIpc) is 3.31. The molecule has 1 fully saturated rings. The van der Waals surface area contributed by atoms with E-state index in [9.17, 15) is 18.0 Å². The van der Waals surface area contributed by atoms with E-state index < -0.39 is 31.6 Å². The number of benzene rings is 1. The number of alkyl halides is 2. The maximum atomic E-state index is 13.3. The number of aromatic nitrogens is 1. The summed E-state index contributed by atoms with van der Waals surface area (Å²) >= 11 is 6.30. The number of rotatable bonds is 5. The van der Waals surface area contributed by atoms with Gasteiger partial charge in [-0.1, -0.05) is 11.6 Å². The third-order valence-corrected chi connectivity index (χ3v) is 7.42. The molecule has 0 saturated carbocycles. The molecule has 1 N–H and O–H groups in total. The van der Waals surface area contributed by atoms with Crippen LogP contribution in [0.4, 0.5) is 29.5 Å². The van der Waals surface area contributed by atoms with E-state index in [4.69, 9.17) is 16.3 Å². The number of pyridine rings is 1. The number of piperidine rings is 1. The number of nitrogens with zero attached hydrogens (tertiary/aromatic N) is 5. The van der Waals surface area contributed by atoms with Gasteiger partial charge < -0.3 is 14.5 Å². The molecule has 5 rings (SSSR count). The summed E-state index contributed by atoms with van der Waals surface area (Å²) in [5.41, 5.74) is 4.90. The monoisotopic (exact) mass is 536 g/mol. The molecule has 0 bridgehead atoms. The Morgan fingerprint density at radius 3 is 2.65 bits per heavy atom. The molecule has 1 amide bonds. The van der Waals surface area contributed by atoms with Crippen LogP contribution in [0.15, 0.2) is 41.6 Å². The Labute approximate surface area is 218 Å². The first kappa shape index (κ1) is 25.4. The second-order valence-corrected chi connectivity index (χ2v) is 9.90. The summed E-state index contributed by atoms with van der Waals surface area (Å²) in [5, 5.41) is 5.12. The highest BCUT2D eigenvalue weighted by Crippen LogP contribution is 2.37. The van der Waals surface area contributed by atoms with Crippen molar-refractivity contribution in [1.29, 1.82) is 0 Å². The van der Waals surface area contributed by atoms with Gasteiger partial charge in [-0.2, -0.15) is 5.10 Å². The zero-order chi connectivity index (χ0) is 26.1. The minimum absolute atomic E-state index is 0.151. The number of fused-ring (bicyclic) bond motifs is 3. The highest BCUT2D eigenvalue weighted by Gasteiger charge is 2.44. The fourth-order valence-electron chi connectivity index (χ4n) is 5.18. The second kappa shape index (κ2) is 10.6. The van der Waals surface area contributed by atoms with Gasteiger partial charge in [0.25, 0.3) is 0 Å². The number of amidine groups is 1. The molecule has 1 aromatic carbocycles. The van der Waals surface area contributed by atoms with Crippen LogP contribution in [0.2, 0.25) is 5.02 Å². The Kier molecular flexibility index (Phi) is 7.32. The first-order chi connectivity index (χ1) is 17.9. The minimum atomic E-state index is -1.45. The molecule has 3 aliphatic heterocycles. The van der Waals surface area contributed by atoms with Gasteiger partial charge in [-0.15, -0.1) is 0 Å². The van der Waals surface area contributed by atoms with E-state index in [1.165, 1.54) is 17.2 Å². The van der Waals surface area contributed by atoms with E-state index in [0.717, 1.165) is 43.0 Å². The standard InChI is InChI=1S/C25H28ClF3N6O2/c1-15-23-31-32-24(16-6-8-33(9-7-16)22-5-3-19(29)13-30-22)35(23)21-4-2-18(26)10-17(21)14-34(15)25(36)37-20(11-27)12-28/h2-5,10,13,15-16,20,24,32H,6-9,11-12,14H2,1H3. The Morgan fingerprint density at radius 1 is 1.22 bits per heavy atom. The van der Waals surface area contributed by atoms with Crippen LogP contribution in [0.3, 0.4) is 0 Å². The number of hydrogen-bond acceptors (Lipinski definition) is 7. The molecule has 2 unspecified atom stereocenters. The van der Waals surface area contributed by atoms with Crippen LogP contribution in [0.25, 0.3) is 0 Å². The third kappa shape index (κ3) is 5.01. The summed E-state index contributed by atoms with van der Waals surface area (Å²) < 4.78 is 44.5. The molecule has 8 nitrogen and oxygen atoms in total. The van der Waals surface area contributed by atoms with Gasteiger partial charge in [0.15, 0.2) is 11.9 Å². The Morgan fingerprint density at radius 2 is 1.97 bits per heavy atom. The van der Waals surface area contributed by atoms with Crippen molar-refractivity contribution < 1.29 is 22.7 Å². The van der Waals surface area contributed by atoms with Gasteiger partial charge in [0.2, 0.25) is 0 Å². The highest BCUT2D eigenvalue weighted by atomic mass is 35.5. The number of anilines is 2. The van der Waals surface area contributed by atoms with Crippen molar-refractivity contribution >= 4 is 35.0 Å². The lowest BCUT2D eigenvalue weighted by Crippen LogP contribution is -2.53. The van der Waals surface area contributed by atoms with Crippen molar-refractivity contribution in [3.8, 4) is 0 Å². The Balaban J connectivity index is 1.38. The lowest BCUT2D eigenvalue weighted by molar-refractivity contribution is 0.0348. The lowest BCUT2D eigenvalue weighted by atomic mass is 9.92. The topological polar surface area (TPSA) is 73.3 Å².